The van der Waals surface area contributed by atoms with Crippen LogP contribution < -0.4 is 5.84 Å². The number of carbonyl (C=O) groups is 1. The van der Waals surface area contributed by atoms with E-state index in [2.05, 4.69) is 4.98 Å². The molecular formula is C13H16N4O. The Kier molecular flexibility index (Phi) is 2.22. The van der Waals surface area contributed by atoms with Crippen LogP contribution in [0.5, 0.6) is 0 Å². The molecule has 5 nitrogen and oxygen atoms in total. The highest BCUT2D eigenvalue weighted by molar-refractivity contribution is 5.92. The molecular weight excluding hydrogens is 228 g/mol. The third-order valence-electron chi connectivity index (χ3n) is 3.76. The van der Waals surface area contributed by atoms with Gasteiger partial charge in [0, 0.05) is 14.1 Å². The van der Waals surface area contributed by atoms with Crippen LogP contribution in [-0.4, -0.2) is 27.5 Å². The predicted octanol–water partition coefficient (Wildman–Crippen LogP) is 0.937. The molecule has 1 heterocycles. The summed E-state index contributed by atoms with van der Waals surface area (Å²) < 4.78 is 1.97. The van der Waals surface area contributed by atoms with Crippen LogP contribution in [0.4, 0.5) is 0 Å². The Bertz CT molecular complexity index is 625. The second-order valence-electron chi connectivity index (χ2n) is 5.06. The number of amides is 1. The molecule has 1 amide bonds. The van der Waals surface area contributed by atoms with Gasteiger partial charge in [-0.2, -0.15) is 0 Å². The fraction of sp³-hybridized carbons (Fsp3) is 0.385. The van der Waals surface area contributed by atoms with E-state index in [0.29, 0.717) is 0 Å². The highest BCUT2D eigenvalue weighted by Crippen LogP contribution is 2.49. The molecule has 1 saturated carbocycles. The van der Waals surface area contributed by atoms with Gasteiger partial charge < -0.3 is 4.57 Å². The standard InChI is InChI=1S/C13H16N4O/c1-16-8-15-10-7-9(3-4-11(10)16)13(5-6-13)12(18)17(2)14/h3-4,7-8H,5-6,14H2,1-2H3. The first-order valence-corrected chi connectivity index (χ1v) is 5.99. The normalized spacial score (nSPS) is 16.8. The summed E-state index contributed by atoms with van der Waals surface area (Å²) in [4.78, 5) is 16.5. The Balaban J connectivity index is 2.07. The Hall–Kier alpha value is -1.88. The molecule has 5 heteroatoms. The van der Waals surface area contributed by atoms with Crippen molar-refractivity contribution < 1.29 is 4.79 Å². The number of hydrogen-bond acceptors (Lipinski definition) is 3. The highest BCUT2D eigenvalue weighted by Gasteiger charge is 2.52. The molecule has 1 aromatic carbocycles. The first-order valence-electron chi connectivity index (χ1n) is 5.99. The van der Waals surface area contributed by atoms with E-state index in [-0.39, 0.29) is 5.91 Å². The zero-order chi connectivity index (χ0) is 12.9. The zero-order valence-electron chi connectivity index (χ0n) is 10.6. The van der Waals surface area contributed by atoms with Gasteiger partial charge >= 0.3 is 0 Å². The zero-order valence-corrected chi connectivity index (χ0v) is 10.6. The number of carbonyl (C=O) groups excluding carboxylic acids is 1. The van der Waals surface area contributed by atoms with Crippen LogP contribution in [0.3, 0.4) is 0 Å². The maximum Gasteiger partial charge on any atom is 0.246 e. The number of hydrazine groups is 1. The van der Waals surface area contributed by atoms with Gasteiger partial charge in [0.1, 0.15) is 0 Å². The molecule has 0 spiro atoms. The Labute approximate surface area is 105 Å². The number of fused-ring (bicyclic) bond motifs is 1. The number of likely N-dealkylation sites (N-methyl/N-ethyl adjacent to an activating group) is 1. The van der Waals surface area contributed by atoms with Crippen molar-refractivity contribution in [1.82, 2.24) is 14.6 Å². The number of benzene rings is 1. The lowest BCUT2D eigenvalue weighted by Gasteiger charge is -2.19. The minimum absolute atomic E-state index is 0.0159. The molecule has 18 heavy (non-hydrogen) atoms. The summed E-state index contributed by atoms with van der Waals surface area (Å²) in [5.74, 6) is 5.56. The molecule has 0 unspecified atom stereocenters. The van der Waals surface area contributed by atoms with Crippen LogP contribution in [-0.2, 0) is 17.3 Å². The summed E-state index contributed by atoms with van der Waals surface area (Å²) in [5, 5.41) is 1.19. The van der Waals surface area contributed by atoms with E-state index in [1.165, 1.54) is 5.01 Å². The van der Waals surface area contributed by atoms with Crippen LogP contribution >= 0.6 is 0 Å². The summed E-state index contributed by atoms with van der Waals surface area (Å²) >= 11 is 0. The van der Waals surface area contributed by atoms with Gasteiger partial charge in [-0.25, -0.2) is 10.8 Å². The topological polar surface area (TPSA) is 64.2 Å². The molecule has 1 aliphatic carbocycles. The Morgan fingerprint density at radius 3 is 2.83 bits per heavy atom. The molecule has 94 valence electrons. The van der Waals surface area contributed by atoms with Gasteiger partial charge in [0.05, 0.1) is 22.8 Å². The summed E-state index contributed by atoms with van der Waals surface area (Å²) in [6, 6.07) is 6.03. The number of imidazole rings is 1. The van der Waals surface area contributed by atoms with Crippen LogP contribution in [0.15, 0.2) is 24.5 Å². The molecule has 0 radical (unpaired) electrons. The second kappa shape index (κ2) is 3.55. The number of nitrogens with zero attached hydrogens (tertiary/aromatic N) is 3. The molecule has 1 aliphatic rings. The van der Waals surface area contributed by atoms with Gasteiger partial charge in [0.25, 0.3) is 0 Å². The van der Waals surface area contributed by atoms with Gasteiger partial charge in [0.15, 0.2) is 0 Å². The number of aryl methyl sites for hydroxylation is 1. The van der Waals surface area contributed by atoms with Crippen molar-refractivity contribution >= 4 is 16.9 Å². The van der Waals surface area contributed by atoms with Crippen molar-refractivity contribution in [3.05, 3.63) is 30.1 Å². The van der Waals surface area contributed by atoms with Gasteiger partial charge in [-0.15, -0.1) is 0 Å². The minimum atomic E-state index is -0.408. The quantitative estimate of drug-likeness (QED) is 0.486. The van der Waals surface area contributed by atoms with E-state index in [4.69, 9.17) is 5.84 Å². The molecule has 0 bridgehead atoms. The van der Waals surface area contributed by atoms with Gasteiger partial charge in [-0.3, -0.25) is 9.80 Å². The lowest BCUT2D eigenvalue weighted by Crippen LogP contribution is -2.41. The maximum atomic E-state index is 12.1. The van der Waals surface area contributed by atoms with E-state index in [1.54, 1.807) is 13.4 Å². The van der Waals surface area contributed by atoms with E-state index >= 15 is 0 Å². The monoisotopic (exact) mass is 244 g/mol. The molecule has 0 atom stereocenters. The first kappa shape index (κ1) is 11.2. The molecule has 1 aromatic heterocycles. The molecule has 0 aliphatic heterocycles. The van der Waals surface area contributed by atoms with Gasteiger partial charge in [-0.1, -0.05) is 6.07 Å². The van der Waals surface area contributed by atoms with E-state index < -0.39 is 5.41 Å². The summed E-state index contributed by atoms with van der Waals surface area (Å²) in [7, 11) is 3.56. The van der Waals surface area contributed by atoms with Gasteiger partial charge in [-0.05, 0) is 30.5 Å². The minimum Gasteiger partial charge on any atom is -0.334 e. The molecule has 2 N–H and O–H groups in total. The first-order chi connectivity index (χ1) is 8.54. The maximum absolute atomic E-state index is 12.1. The van der Waals surface area contributed by atoms with E-state index in [9.17, 15) is 4.79 Å². The predicted molar refractivity (Wildman–Crippen MR) is 68.6 cm³/mol. The van der Waals surface area contributed by atoms with Crippen LogP contribution in [0.1, 0.15) is 18.4 Å². The third-order valence-corrected chi connectivity index (χ3v) is 3.76. The van der Waals surface area contributed by atoms with Crippen molar-refractivity contribution in [2.24, 2.45) is 12.9 Å². The lowest BCUT2D eigenvalue weighted by molar-refractivity contribution is -0.132. The average Bonchev–Trinajstić information content (AvgIpc) is 3.09. The Morgan fingerprint density at radius 1 is 1.50 bits per heavy atom. The van der Waals surface area contributed by atoms with E-state index in [0.717, 1.165) is 29.4 Å². The fourth-order valence-corrected chi connectivity index (χ4v) is 2.52. The number of rotatable bonds is 2. The van der Waals surface area contributed by atoms with Crippen molar-refractivity contribution in [2.45, 2.75) is 18.3 Å². The molecule has 0 saturated heterocycles. The van der Waals surface area contributed by atoms with Crippen molar-refractivity contribution in [3.8, 4) is 0 Å². The summed E-state index contributed by atoms with van der Waals surface area (Å²) in [6.07, 6.45) is 3.52. The van der Waals surface area contributed by atoms with Crippen LogP contribution in [0.25, 0.3) is 11.0 Å². The SMILES string of the molecule is CN(N)C(=O)C1(c2ccc3c(c2)ncn3C)CC1. The molecule has 3 rings (SSSR count). The number of hydrogen-bond donors (Lipinski definition) is 1. The van der Waals surface area contributed by atoms with E-state index in [1.807, 2.05) is 29.8 Å². The smallest absolute Gasteiger partial charge is 0.246 e. The fourth-order valence-electron chi connectivity index (χ4n) is 2.52. The molecule has 1 fully saturated rings. The second-order valence-corrected chi connectivity index (χ2v) is 5.06. The Morgan fingerprint density at radius 2 is 2.22 bits per heavy atom. The van der Waals surface area contributed by atoms with Crippen LogP contribution in [0.2, 0.25) is 0 Å². The number of nitrogens with two attached hydrogens (primary N) is 1. The van der Waals surface area contributed by atoms with Crippen molar-refractivity contribution in [1.29, 1.82) is 0 Å². The third kappa shape index (κ3) is 1.44. The van der Waals surface area contributed by atoms with Crippen molar-refractivity contribution in [2.75, 3.05) is 7.05 Å². The number of aromatic nitrogens is 2. The lowest BCUT2D eigenvalue weighted by atomic mass is 9.94. The largest absolute Gasteiger partial charge is 0.334 e. The highest BCUT2D eigenvalue weighted by atomic mass is 16.2. The van der Waals surface area contributed by atoms with Crippen LogP contribution in [0, 0.1) is 0 Å². The summed E-state index contributed by atoms with van der Waals surface area (Å²) in [5.41, 5.74) is 2.61. The van der Waals surface area contributed by atoms with Gasteiger partial charge in [0.2, 0.25) is 5.91 Å². The average molecular weight is 244 g/mol. The summed E-state index contributed by atoms with van der Waals surface area (Å²) in [6.45, 7) is 0. The van der Waals surface area contributed by atoms with Crippen molar-refractivity contribution in [3.63, 3.8) is 0 Å². The molecule has 2 aromatic rings.